The topological polar surface area (TPSA) is 105 Å². The van der Waals surface area contributed by atoms with Crippen LogP contribution in [0.1, 0.15) is 17.0 Å². The molecule has 0 saturated heterocycles. The SMILES string of the molecule is N#CC1=C(N)Oc2nc[nH]c(=O)c2[C@@H]1c1ccc(Cl)c(Cl)c1. The summed E-state index contributed by atoms with van der Waals surface area (Å²) in [6.45, 7) is 0. The zero-order valence-corrected chi connectivity index (χ0v) is 12.4. The van der Waals surface area contributed by atoms with E-state index in [0.717, 1.165) is 0 Å². The molecule has 1 aliphatic rings. The van der Waals surface area contributed by atoms with Gasteiger partial charge in [0.2, 0.25) is 11.8 Å². The van der Waals surface area contributed by atoms with E-state index >= 15 is 0 Å². The highest BCUT2D eigenvalue weighted by atomic mass is 35.5. The van der Waals surface area contributed by atoms with E-state index in [4.69, 9.17) is 33.7 Å². The van der Waals surface area contributed by atoms with Gasteiger partial charge in [-0.25, -0.2) is 4.98 Å². The molecule has 3 rings (SSSR count). The summed E-state index contributed by atoms with van der Waals surface area (Å²) in [6, 6.07) is 6.82. The van der Waals surface area contributed by atoms with Crippen molar-refractivity contribution in [3.05, 3.63) is 67.5 Å². The molecule has 1 aromatic carbocycles. The maximum Gasteiger partial charge on any atom is 0.258 e. The predicted octanol–water partition coefficient (Wildman–Crippen LogP) is 2.29. The van der Waals surface area contributed by atoms with Crippen LogP contribution >= 0.6 is 23.2 Å². The van der Waals surface area contributed by atoms with Gasteiger partial charge in [0.25, 0.3) is 5.56 Å². The Hall–Kier alpha value is -2.49. The van der Waals surface area contributed by atoms with Gasteiger partial charge in [0.15, 0.2) is 0 Å². The Labute approximate surface area is 134 Å². The minimum Gasteiger partial charge on any atom is -0.422 e. The summed E-state index contributed by atoms with van der Waals surface area (Å²) in [6.07, 6.45) is 1.21. The van der Waals surface area contributed by atoms with Gasteiger partial charge in [-0.2, -0.15) is 5.26 Å². The largest absolute Gasteiger partial charge is 0.422 e. The van der Waals surface area contributed by atoms with E-state index in [-0.39, 0.29) is 22.9 Å². The Bertz CT molecular complexity index is 898. The number of halogens is 2. The van der Waals surface area contributed by atoms with Crippen molar-refractivity contribution in [3.63, 3.8) is 0 Å². The lowest BCUT2D eigenvalue weighted by Crippen LogP contribution is -2.28. The van der Waals surface area contributed by atoms with Crippen molar-refractivity contribution >= 4 is 23.2 Å². The zero-order chi connectivity index (χ0) is 15.9. The number of H-pyrrole nitrogens is 1. The average molecular weight is 335 g/mol. The molecule has 0 fully saturated rings. The monoisotopic (exact) mass is 334 g/mol. The van der Waals surface area contributed by atoms with Crippen LogP contribution in [0.4, 0.5) is 0 Å². The van der Waals surface area contributed by atoms with Crippen LogP contribution < -0.4 is 16.0 Å². The number of benzene rings is 1. The number of rotatable bonds is 1. The fraction of sp³-hybridized carbons (Fsp3) is 0.0714. The van der Waals surface area contributed by atoms with E-state index in [2.05, 4.69) is 9.97 Å². The summed E-state index contributed by atoms with van der Waals surface area (Å²) in [4.78, 5) is 18.6. The van der Waals surface area contributed by atoms with E-state index in [9.17, 15) is 10.1 Å². The second-order valence-electron chi connectivity index (χ2n) is 4.55. The molecule has 1 atom stereocenters. The molecular formula is C14H8Cl2N4O2. The lowest BCUT2D eigenvalue weighted by Gasteiger charge is -2.24. The highest BCUT2D eigenvalue weighted by Gasteiger charge is 2.34. The maximum absolute atomic E-state index is 12.2. The lowest BCUT2D eigenvalue weighted by molar-refractivity contribution is 0.375. The highest BCUT2D eigenvalue weighted by Crippen LogP contribution is 2.40. The fourth-order valence-corrected chi connectivity index (χ4v) is 2.63. The van der Waals surface area contributed by atoms with Crippen LogP contribution in [0.15, 0.2) is 40.8 Å². The number of nitrogens with zero attached hydrogens (tertiary/aromatic N) is 2. The van der Waals surface area contributed by atoms with Crippen molar-refractivity contribution in [2.24, 2.45) is 5.73 Å². The molecule has 3 N–H and O–H groups in total. The molecule has 22 heavy (non-hydrogen) atoms. The summed E-state index contributed by atoms with van der Waals surface area (Å²) in [7, 11) is 0. The van der Waals surface area contributed by atoms with E-state index in [0.29, 0.717) is 15.6 Å². The summed E-state index contributed by atoms with van der Waals surface area (Å²) in [5.41, 5.74) is 6.27. The summed E-state index contributed by atoms with van der Waals surface area (Å²) >= 11 is 11.9. The molecule has 1 aliphatic heterocycles. The van der Waals surface area contributed by atoms with Crippen LogP contribution in [-0.4, -0.2) is 9.97 Å². The second kappa shape index (κ2) is 5.37. The van der Waals surface area contributed by atoms with Gasteiger partial charge in [-0.15, -0.1) is 0 Å². The smallest absolute Gasteiger partial charge is 0.258 e. The predicted molar refractivity (Wildman–Crippen MR) is 80.6 cm³/mol. The number of hydrogen-bond acceptors (Lipinski definition) is 5. The molecule has 2 heterocycles. The number of nitrogens with two attached hydrogens (primary N) is 1. The molecule has 1 aromatic heterocycles. The first-order valence-corrected chi connectivity index (χ1v) is 6.88. The third-order valence-electron chi connectivity index (χ3n) is 3.30. The molecule has 0 radical (unpaired) electrons. The van der Waals surface area contributed by atoms with Crippen LogP contribution in [-0.2, 0) is 0 Å². The summed E-state index contributed by atoms with van der Waals surface area (Å²) in [5, 5.41) is 10.1. The van der Waals surface area contributed by atoms with Gasteiger partial charge >= 0.3 is 0 Å². The standard InChI is InChI=1S/C14H8Cl2N4O2/c15-8-2-1-6(3-9(8)16)10-7(4-17)12(18)22-14-11(10)13(21)19-5-20-14/h1-3,5,10H,18H2,(H,19,20,21)/t10-/m1/s1. The van der Waals surface area contributed by atoms with Crippen molar-refractivity contribution in [1.82, 2.24) is 9.97 Å². The number of nitriles is 1. The molecule has 8 heteroatoms. The van der Waals surface area contributed by atoms with Gasteiger partial charge in [-0.3, -0.25) is 4.79 Å². The Morgan fingerprint density at radius 3 is 2.82 bits per heavy atom. The molecule has 0 bridgehead atoms. The highest BCUT2D eigenvalue weighted by molar-refractivity contribution is 6.42. The van der Waals surface area contributed by atoms with Crippen LogP contribution in [0.5, 0.6) is 5.88 Å². The molecule has 110 valence electrons. The number of hydrogen-bond donors (Lipinski definition) is 2. The van der Waals surface area contributed by atoms with Gasteiger partial charge < -0.3 is 15.5 Å². The minimum atomic E-state index is -0.721. The summed E-state index contributed by atoms with van der Waals surface area (Å²) < 4.78 is 5.27. The lowest BCUT2D eigenvalue weighted by atomic mass is 9.85. The number of allylic oxidation sites excluding steroid dienone is 1. The third-order valence-corrected chi connectivity index (χ3v) is 4.04. The van der Waals surface area contributed by atoms with Crippen LogP contribution in [0.3, 0.4) is 0 Å². The normalized spacial score (nSPS) is 16.7. The van der Waals surface area contributed by atoms with Crippen molar-refractivity contribution in [2.45, 2.75) is 5.92 Å². The third kappa shape index (κ3) is 2.21. The number of aromatic amines is 1. The Morgan fingerprint density at radius 2 is 2.14 bits per heavy atom. The zero-order valence-electron chi connectivity index (χ0n) is 10.9. The number of fused-ring (bicyclic) bond motifs is 1. The molecule has 0 saturated carbocycles. The molecule has 2 aromatic rings. The number of aromatic nitrogens is 2. The Balaban J connectivity index is 2.30. The second-order valence-corrected chi connectivity index (χ2v) is 5.36. The van der Waals surface area contributed by atoms with Crippen LogP contribution in [0.25, 0.3) is 0 Å². The van der Waals surface area contributed by atoms with Crippen molar-refractivity contribution in [3.8, 4) is 11.9 Å². The molecule has 0 amide bonds. The van der Waals surface area contributed by atoms with Crippen LogP contribution in [0, 0.1) is 11.3 Å². The van der Waals surface area contributed by atoms with E-state index < -0.39 is 11.5 Å². The first kappa shape index (κ1) is 14.4. The minimum absolute atomic E-state index is 0.0660. The number of ether oxygens (including phenoxy) is 1. The molecular weight excluding hydrogens is 327 g/mol. The van der Waals surface area contributed by atoms with Gasteiger partial charge in [0, 0.05) is 0 Å². The number of nitrogens with one attached hydrogen (secondary N) is 1. The summed E-state index contributed by atoms with van der Waals surface area (Å²) in [5.74, 6) is -0.749. The van der Waals surface area contributed by atoms with Crippen molar-refractivity contribution < 1.29 is 4.74 Å². The first-order chi connectivity index (χ1) is 10.5. The van der Waals surface area contributed by atoms with Crippen molar-refractivity contribution in [1.29, 1.82) is 5.26 Å². The average Bonchev–Trinajstić information content (AvgIpc) is 2.49. The maximum atomic E-state index is 12.2. The Morgan fingerprint density at radius 1 is 1.36 bits per heavy atom. The molecule has 0 unspecified atom stereocenters. The fourth-order valence-electron chi connectivity index (χ4n) is 2.32. The van der Waals surface area contributed by atoms with Gasteiger partial charge in [0.05, 0.1) is 27.9 Å². The van der Waals surface area contributed by atoms with Gasteiger partial charge in [-0.1, -0.05) is 29.3 Å². The van der Waals surface area contributed by atoms with Crippen molar-refractivity contribution in [2.75, 3.05) is 0 Å². The van der Waals surface area contributed by atoms with E-state index in [1.54, 1.807) is 18.2 Å². The van der Waals surface area contributed by atoms with E-state index in [1.165, 1.54) is 6.33 Å². The van der Waals surface area contributed by atoms with Gasteiger partial charge in [0.1, 0.15) is 11.6 Å². The molecule has 0 spiro atoms. The first-order valence-electron chi connectivity index (χ1n) is 6.13. The Kier molecular flexibility index (Phi) is 3.53. The van der Waals surface area contributed by atoms with Crippen LogP contribution in [0.2, 0.25) is 10.0 Å². The molecule has 6 nitrogen and oxygen atoms in total. The quantitative estimate of drug-likeness (QED) is 0.832. The van der Waals surface area contributed by atoms with Gasteiger partial charge in [-0.05, 0) is 17.7 Å². The molecule has 0 aliphatic carbocycles. The van der Waals surface area contributed by atoms with E-state index in [1.807, 2.05) is 6.07 Å².